The van der Waals surface area contributed by atoms with Crippen molar-refractivity contribution in [2.24, 2.45) is 5.92 Å². The predicted molar refractivity (Wildman–Crippen MR) is 82.3 cm³/mol. The summed E-state index contributed by atoms with van der Waals surface area (Å²) < 4.78 is 0. The summed E-state index contributed by atoms with van der Waals surface area (Å²) in [7, 11) is 0. The minimum absolute atomic E-state index is 0.0512. The highest BCUT2D eigenvalue weighted by Gasteiger charge is 2.36. The van der Waals surface area contributed by atoms with Crippen LogP contribution in [0.3, 0.4) is 0 Å². The molecule has 110 valence electrons. The molecule has 0 spiro atoms. The molecular weight excluding hydrogens is 272 g/mol. The fraction of sp³-hybridized carbons (Fsp3) is 0.625. The van der Waals surface area contributed by atoms with E-state index in [9.17, 15) is 4.79 Å². The van der Waals surface area contributed by atoms with E-state index in [0.29, 0.717) is 17.4 Å². The van der Waals surface area contributed by atoms with Crippen molar-refractivity contribution in [3.05, 3.63) is 29.1 Å². The number of aromatic nitrogens is 1. The molecule has 4 heteroatoms. The van der Waals surface area contributed by atoms with Gasteiger partial charge in [0.1, 0.15) is 0 Å². The summed E-state index contributed by atoms with van der Waals surface area (Å²) in [5.74, 6) is 1.03. The molecule has 1 amide bonds. The quantitative estimate of drug-likeness (QED) is 0.865. The van der Waals surface area contributed by atoms with Crippen LogP contribution in [0.4, 0.5) is 0 Å². The minimum atomic E-state index is -0.256. The van der Waals surface area contributed by atoms with E-state index in [1.807, 2.05) is 26.0 Å². The second-order valence-electron chi connectivity index (χ2n) is 6.16. The number of amides is 1. The molecule has 2 rings (SSSR count). The van der Waals surface area contributed by atoms with E-state index in [1.165, 1.54) is 6.42 Å². The number of hydrogen-bond donors (Lipinski definition) is 1. The van der Waals surface area contributed by atoms with Gasteiger partial charge in [0.05, 0.1) is 16.8 Å². The Morgan fingerprint density at radius 3 is 2.85 bits per heavy atom. The Morgan fingerprint density at radius 2 is 2.25 bits per heavy atom. The molecule has 1 aromatic rings. The van der Waals surface area contributed by atoms with Crippen molar-refractivity contribution >= 4 is 17.5 Å². The summed E-state index contributed by atoms with van der Waals surface area (Å²) >= 11 is 6.17. The van der Waals surface area contributed by atoms with Crippen molar-refractivity contribution in [2.75, 3.05) is 5.88 Å². The summed E-state index contributed by atoms with van der Waals surface area (Å²) in [6, 6.07) is 3.72. The zero-order valence-corrected chi connectivity index (χ0v) is 13.3. The lowest BCUT2D eigenvalue weighted by Gasteiger charge is -2.39. The number of rotatable bonds is 3. The first kappa shape index (κ1) is 15.3. The van der Waals surface area contributed by atoms with Gasteiger partial charge in [0.15, 0.2) is 0 Å². The third-order valence-corrected chi connectivity index (χ3v) is 4.71. The third-order valence-electron chi connectivity index (χ3n) is 4.20. The summed E-state index contributed by atoms with van der Waals surface area (Å²) in [4.78, 5) is 16.9. The van der Waals surface area contributed by atoms with E-state index in [0.717, 1.165) is 30.7 Å². The highest BCUT2D eigenvalue weighted by Crippen LogP contribution is 2.33. The van der Waals surface area contributed by atoms with Crippen molar-refractivity contribution in [3.63, 3.8) is 0 Å². The van der Waals surface area contributed by atoms with E-state index in [-0.39, 0.29) is 11.4 Å². The third kappa shape index (κ3) is 3.32. The van der Waals surface area contributed by atoms with Gasteiger partial charge in [0.25, 0.3) is 5.91 Å². The molecule has 1 aromatic heterocycles. The first-order valence-corrected chi connectivity index (χ1v) is 7.82. The maximum absolute atomic E-state index is 12.5. The lowest BCUT2D eigenvalue weighted by molar-refractivity contribution is 0.0866. The van der Waals surface area contributed by atoms with Gasteiger partial charge in [-0.15, -0.1) is 11.6 Å². The van der Waals surface area contributed by atoms with Crippen LogP contribution in [0, 0.1) is 19.8 Å². The standard InChI is InChI=1S/C16H23ClN2O/c1-11-5-4-8-16(9-11,10-17)19-15(20)14-7-6-12(2)18-13(14)3/h6-7,11H,4-5,8-10H2,1-3H3,(H,19,20). The van der Waals surface area contributed by atoms with Crippen molar-refractivity contribution < 1.29 is 4.79 Å². The number of nitrogens with one attached hydrogen (secondary N) is 1. The molecule has 0 aromatic carbocycles. The molecule has 1 aliphatic carbocycles. The maximum Gasteiger partial charge on any atom is 0.253 e. The van der Waals surface area contributed by atoms with Crippen LogP contribution in [-0.2, 0) is 0 Å². The van der Waals surface area contributed by atoms with Crippen LogP contribution in [0.5, 0.6) is 0 Å². The number of halogens is 1. The smallest absolute Gasteiger partial charge is 0.253 e. The molecule has 3 nitrogen and oxygen atoms in total. The van der Waals surface area contributed by atoms with Crippen LogP contribution in [0.2, 0.25) is 0 Å². The van der Waals surface area contributed by atoms with Gasteiger partial charge in [-0.3, -0.25) is 9.78 Å². The second-order valence-corrected chi connectivity index (χ2v) is 6.42. The lowest BCUT2D eigenvalue weighted by Crippen LogP contribution is -2.52. The number of carbonyl (C=O) groups is 1. The zero-order chi connectivity index (χ0) is 14.8. The maximum atomic E-state index is 12.5. The Labute approximate surface area is 126 Å². The molecule has 20 heavy (non-hydrogen) atoms. The second kappa shape index (κ2) is 6.13. The molecule has 1 N–H and O–H groups in total. The first-order chi connectivity index (χ1) is 9.46. The Hall–Kier alpha value is -1.09. The minimum Gasteiger partial charge on any atom is -0.345 e. The van der Waals surface area contributed by atoms with E-state index in [4.69, 9.17) is 11.6 Å². The van der Waals surface area contributed by atoms with E-state index in [1.54, 1.807) is 0 Å². The van der Waals surface area contributed by atoms with Crippen LogP contribution in [-0.4, -0.2) is 22.3 Å². The summed E-state index contributed by atoms with van der Waals surface area (Å²) in [6.45, 7) is 6.03. The molecule has 1 fully saturated rings. The monoisotopic (exact) mass is 294 g/mol. The van der Waals surface area contributed by atoms with Crippen LogP contribution >= 0.6 is 11.6 Å². The van der Waals surface area contributed by atoms with Gasteiger partial charge in [0.2, 0.25) is 0 Å². The summed E-state index contributed by atoms with van der Waals surface area (Å²) in [5, 5.41) is 3.18. The zero-order valence-electron chi connectivity index (χ0n) is 12.5. The number of carbonyl (C=O) groups excluding carboxylic acids is 1. The number of alkyl halides is 1. The van der Waals surface area contributed by atoms with Gasteiger partial charge >= 0.3 is 0 Å². The molecule has 0 saturated heterocycles. The fourth-order valence-electron chi connectivity index (χ4n) is 3.16. The molecule has 1 heterocycles. The number of nitrogens with zero attached hydrogens (tertiary/aromatic N) is 1. The van der Waals surface area contributed by atoms with Crippen LogP contribution in [0.25, 0.3) is 0 Å². The van der Waals surface area contributed by atoms with Crippen LogP contribution in [0.15, 0.2) is 12.1 Å². The topological polar surface area (TPSA) is 42.0 Å². The largest absolute Gasteiger partial charge is 0.345 e. The molecule has 2 unspecified atom stereocenters. The van der Waals surface area contributed by atoms with E-state index >= 15 is 0 Å². The van der Waals surface area contributed by atoms with Crippen molar-refractivity contribution in [2.45, 2.75) is 52.0 Å². The van der Waals surface area contributed by atoms with Crippen LogP contribution in [0.1, 0.15) is 54.4 Å². The van der Waals surface area contributed by atoms with Crippen LogP contribution < -0.4 is 5.32 Å². The Balaban J connectivity index is 2.16. The van der Waals surface area contributed by atoms with Gasteiger partial charge in [-0.1, -0.05) is 19.8 Å². The normalized spacial score (nSPS) is 26.3. The van der Waals surface area contributed by atoms with Crippen molar-refractivity contribution in [1.82, 2.24) is 10.3 Å². The van der Waals surface area contributed by atoms with Gasteiger partial charge in [0, 0.05) is 11.6 Å². The van der Waals surface area contributed by atoms with Crippen molar-refractivity contribution in [3.8, 4) is 0 Å². The molecular formula is C16H23ClN2O. The number of pyridine rings is 1. The highest BCUT2D eigenvalue weighted by molar-refractivity contribution is 6.19. The van der Waals surface area contributed by atoms with Crippen molar-refractivity contribution in [1.29, 1.82) is 0 Å². The average molecular weight is 295 g/mol. The highest BCUT2D eigenvalue weighted by atomic mass is 35.5. The SMILES string of the molecule is Cc1ccc(C(=O)NC2(CCl)CCCC(C)C2)c(C)n1. The Morgan fingerprint density at radius 1 is 1.50 bits per heavy atom. The lowest BCUT2D eigenvalue weighted by atomic mass is 9.77. The summed E-state index contributed by atoms with van der Waals surface area (Å²) in [5.41, 5.74) is 2.10. The fourth-order valence-corrected chi connectivity index (χ4v) is 3.47. The van der Waals surface area contributed by atoms with Gasteiger partial charge < -0.3 is 5.32 Å². The molecule has 0 aliphatic heterocycles. The Bertz CT molecular complexity index is 503. The first-order valence-electron chi connectivity index (χ1n) is 7.28. The van der Waals surface area contributed by atoms with Gasteiger partial charge in [-0.2, -0.15) is 0 Å². The molecule has 1 saturated carbocycles. The molecule has 2 atom stereocenters. The van der Waals surface area contributed by atoms with Gasteiger partial charge in [-0.25, -0.2) is 0 Å². The predicted octanol–water partition coefficient (Wildman–Crippen LogP) is 3.62. The molecule has 0 radical (unpaired) electrons. The Kier molecular flexibility index (Phi) is 4.69. The molecule has 0 bridgehead atoms. The van der Waals surface area contributed by atoms with E-state index in [2.05, 4.69) is 17.2 Å². The number of hydrogen-bond acceptors (Lipinski definition) is 2. The average Bonchev–Trinajstić information content (AvgIpc) is 2.38. The summed E-state index contributed by atoms with van der Waals surface area (Å²) in [6.07, 6.45) is 4.27. The van der Waals surface area contributed by atoms with Gasteiger partial charge in [-0.05, 0) is 44.7 Å². The number of aryl methyl sites for hydroxylation is 2. The molecule has 1 aliphatic rings. The van der Waals surface area contributed by atoms with E-state index < -0.39 is 0 Å².